The van der Waals surface area contributed by atoms with Crippen LogP contribution in [0, 0.1) is 6.92 Å². The normalized spacial score (nSPS) is 11.4. The van der Waals surface area contributed by atoms with Crippen molar-refractivity contribution in [1.82, 2.24) is 4.98 Å². The first-order valence-electron chi connectivity index (χ1n) is 7.62. The quantitative estimate of drug-likeness (QED) is 0.682. The van der Waals surface area contributed by atoms with Gasteiger partial charge < -0.3 is 0 Å². The van der Waals surface area contributed by atoms with E-state index in [9.17, 15) is 8.42 Å². The standard InChI is InChI=1S/C18H18N2O2S2/c1-3-20(24(21,22)16-11-9-14(2)10-12-16)18-19-17(13-23-18)15-7-5-4-6-8-15/h4-13H,3H2,1-2H3. The van der Waals surface area contributed by atoms with Crippen molar-refractivity contribution in [1.29, 1.82) is 0 Å². The molecule has 3 rings (SSSR count). The number of anilines is 1. The summed E-state index contributed by atoms with van der Waals surface area (Å²) in [5.74, 6) is 0. The second-order valence-corrected chi connectivity index (χ2v) is 8.06. The minimum Gasteiger partial charge on any atom is -0.241 e. The van der Waals surface area contributed by atoms with E-state index in [0.717, 1.165) is 16.8 Å². The fourth-order valence-corrected chi connectivity index (χ4v) is 4.91. The molecule has 1 heterocycles. The average Bonchev–Trinajstić information content (AvgIpc) is 3.06. The zero-order valence-corrected chi connectivity index (χ0v) is 15.1. The highest BCUT2D eigenvalue weighted by Gasteiger charge is 2.26. The maximum absolute atomic E-state index is 12.9. The molecule has 0 bridgehead atoms. The van der Waals surface area contributed by atoms with Gasteiger partial charge in [-0.2, -0.15) is 0 Å². The van der Waals surface area contributed by atoms with Crippen molar-refractivity contribution in [3.05, 3.63) is 65.5 Å². The zero-order chi connectivity index (χ0) is 17.2. The Morgan fingerprint density at radius 3 is 2.33 bits per heavy atom. The predicted octanol–water partition coefficient (Wildman–Crippen LogP) is 4.33. The van der Waals surface area contributed by atoms with E-state index in [0.29, 0.717) is 11.7 Å². The Balaban J connectivity index is 1.97. The molecule has 1 aromatic heterocycles. The molecule has 0 saturated carbocycles. The molecular weight excluding hydrogens is 340 g/mol. The highest BCUT2D eigenvalue weighted by molar-refractivity contribution is 7.93. The van der Waals surface area contributed by atoms with Gasteiger partial charge in [0.25, 0.3) is 10.0 Å². The molecule has 2 aromatic carbocycles. The van der Waals surface area contributed by atoms with Gasteiger partial charge in [-0.05, 0) is 26.0 Å². The third-order valence-corrected chi connectivity index (χ3v) is 6.53. The van der Waals surface area contributed by atoms with Gasteiger partial charge in [-0.15, -0.1) is 11.3 Å². The van der Waals surface area contributed by atoms with Crippen molar-refractivity contribution in [2.24, 2.45) is 0 Å². The molecule has 0 spiro atoms. The first-order chi connectivity index (χ1) is 11.5. The fourth-order valence-electron chi connectivity index (χ4n) is 2.37. The van der Waals surface area contributed by atoms with E-state index in [1.165, 1.54) is 15.6 Å². The Morgan fingerprint density at radius 2 is 1.71 bits per heavy atom. The number of thiazole rings is 1. The summed E-state index contributed by atoms with van der Waals surface area (Å²) < 4.78 is 27.2. The van der Waals surface area contributed by atoms with Crippen molar-refractivity contribution in [2.45, 2.75) is 18.7 Å². The van der Waals surface area contributed by atoms with E-state index in [2.05, 4.69) is 4.98 Å². The number of benzene rings is 2. The van der Waals surface area contributed by atoms with Crippen molar-refractivity contribution < 1.29 is 8.42 Å². The number of nitrogens with zero attached hydrogens (tertiary/aromatic N) is 2. The molecule has 4 nitrogen and oxygen atoms in total. The SMILES string of the molecule is CCN(c1nc(-c2ccccc2)cs1)S(=O)(=O)c1ccc(C)cc1. The number of aryl methyl sites for hydroxylation is 1. The lowest BCUT2D eigenvalue weighted by atomic mass is 10.2. The Bertz CT molecular complexity index is 917. The van der Waals surface area contributed by atoms with Crippen molar-refractivity contribution in [3.63, 3.8) is 0 Å². The molecule has 0 atom stereocenters. The number of rotatable bonds is 5. The van der Waals surface area contributed by atoms with Crippen LogP contribution in [0.5, 0.6) is 0 Å². The smallest absolute Gasteiger partial charge is 0.241 e. The van der Waals surface area contributed by atoms with E-state index in [1.807, 2.05) is 49.6 Å². The van der Waals surface area contributed by atoms with E-state index in [-0.39, 0.29) is 4.90 Å². The Hall–Kier alpha value is -2.18. The molecule has 0 aliphatic heterocycles. The molecule has 24 heavy (non-hydrogen) atoms. The second kappa shape index (κ2) is 6.75. The number of hydrogen-bond acceptors (Lipinski definition) is 4. The summed E-state index contributed by atoms with van der Waals surface area (Å²) in [6.45, 7) is 4.08. The van der Waals surface area contributed by atoms with Crippen LogP contribution >= 0.6 is 11.3 Å². The van der Waals surface area contributed by atoms with Gasteiger partial charge in [0, 0.05) is 17.5 Å². The van der Waals surface area contributed by atoms with Gasteiger partial charge >= 0.3 is 0 Å². The van der Waals surface area contributed by atoms with E-state index in [1.54, 1.807) is 24.3 Å². The third kappa shape index (κ3) is 3.20. The molecule has 0 fully saturated rings. The van der Waals surface area contributed by atoms with Crippen LogP contribution in [0.3, 0.4) is 0 Å². The summed E-state index contributed by atoms with van der Waals surface area (Å²) in [6, 6.07) is 16.6. The molecule has 0 aliphatic carbocycles. The monoisotopic (exact) mass is 358 g/mol. The number of hydrogen-bond donors (Lipinski definition) is 0. The van der Waals surface area contributed by atoms with Crippen molar-refractivity contribution >= 4 is 26.5 Å². The predicted molar refractivity (Wildman–Crippen MR) is 98.9 cm³/mol. The lowest BCUT2D eigenvalue weighted by Crippen LogP contribution is -2.30. The molecule has 0 radical (unpaired) electrons. The summed E-state index contributed by atoms with van der Waals surface area (Å²) in [5, 5.41) is 2.37. The van der Waals surface area contributed by atoms with Crippen LogP contribution < -0.4 is 4.31 Å². The lowest BCUT2D eigenvalue weighted by Gasteiger charge is -2.19. The summed E-state index contributed by atoms with van der Waals surface area (Å²) in [6.07, 6.45) is 0. The molecule has 124 valence electrons. The van der Waals surface area contributed by atoms with Crippen LogP contribution in [0.1, 0.15) is 12.5 Å². The van der Waals surface area contributed by atoms with E-state index >= 15 is 0 Å². The van der Waals surface area contributed by atoms with Gasteiger partial charge in [0.1, 0.15) is 0 Å². The van der Waals surface area contributed by atoms with Gasteiger partial charge in [0.15, 0.2) is 5.13 Å². The molecule has 0 N–H and O–H groups in total. The summed E-state index contributed by atoms with van der Waals surface area (Å²) in [7, 11) is -3.61. The minimum atomic E-state index is -3.61. The minimum absolute atomic E-state index is 0.284. The first kappa shape index (κ1) is 16.7. The van der Waals surface area contributed by atoms with Gasteiger partial charge in [-0.3, -0.25) is 0 Å². The highest BCUT2D eigenvalue weighted by Crippen LogP contribution is 2.30. The van der Waals surface area contributed by atoms with Crippen molar-refractivity contribution in [3.8, 4) is 11.3 Å². The van der Waals surface area contributed by atoms with Gasteiger partial charge in [-0.1, -0.05) is 48.0 Å². The van der Waals surface area contributed by atoms with Crippen LogP contribution in [0.4, 0.5) is 5.13 Å². The van der Waals surface area contributed by atoms with Crippen LogP contribution in [-0.2, 0) is 10.0 Å². The molecule has 0 unspecified atom stereocenters. The topological polar surface area (TPSA) is 50.3 Å². The zero-order valence-electron chi connectivity index (χ0n) is 13.5. The second-order valence-electron chi connectivity index (χ2n) is 5.36. The van der Waals surface area contributed by atoms with E-state index in [4.69, 9.17) is 0 Å². The maximum Gasteiger partial charge on any atom is 0.266 e. The van der Waals surface area contributed by atoms with Gasteiger partial charge in [0.05, 0.1) is 10.6 Å². The molecule has 0 aliphatic rings. The first-order valence-corrected chi connectivity index (χ1v) is 9.94. The molecule has 3 aromatic rings. The Morgan fingerprint density at radius 1 is 1.04 bits per heavy atom. The van der Waals surface area contributed by atoms with Gasteiger partial charge in [-0.25, -0.2) is 17.7 Å². The van der Waals surface area contributed by atoms with Gasteiger partial charge in [0.2, 0.25) is 0 Å². The van der Waals surface area contributed by atoms with Crippen LogP contribution in [-0.4, -0.2) is 19.9 Å². The largest absolute Gasteiger partial charge is 0.266 e. The lowest BCUT2D eigenvalue weighted by molar-refractivity contribution is 0.592. The highest BCUT2D eigenvalue weighted by atomic mass is 32.2. The Kier molecular flexibility index (Phi) is 4.69. The molecule has 0 amide bonds. The maximum atomic E-state index is 12.9. The average molecular weight is 358 g/mol. The van der Waals surface area contributed by atoms with Crippen LogP contribution in [0.25, 0.3) is 11.3 Å². The van der Waals surface area contributed by atoms with E-state index < -0.39 is 10.0 Å². The molecule has 6 heteroatoms. The van der Waals surface area contributed by atoms with Crippen molar-refractivity contribution in [2.75, 3.05) is 10.8 Å². The number of sulfonamides is 1. The number of aromatic nitrogens is 1. The molecule has 0 saturated heterocycles. The van der Waals surface area contributed by atoms with Crippen LogP contribution in [0.2, 0.25) is 0 Å². The van der Waals surface area contributed by atoms with Crippen LogP contribution in [0.15, 0.2) is 64.9 Å². The summed E-state index contributed by atoms with van der Waals surface area (Å²) >= 11 is 1.34. The summed E-state index contributed by atoms with van der Waals surface area (Å²) in [4.78, 5) is 4.81. The fraction of sp³-hybridized carbons (Fsp3) is 0.167. The third-order valence-electron chi connectivity index (χ3n) is 3.67. The molecular formula is C18H18N2O2S2. The Labute approximate surface area is 146 Å². The summed E-state index contributed by atoms with van der Waals surface area (Å²) in [5.41, 5.74) is 2.79.